The lowest BCUT2D eigenvalue weighted by Gasteiger charge is -2.37. The Morgan fingerprint density at radius 1 is 1.23 bits per heavy atom. The van der Waals surface area contributed by atoms with Gasteiger partial charge in [-0.2, -0.15) is 0 Å². The first kappa shape index (κ1) is 24.5. The highest BCUT2D eigenvalue weighted by molar-refractivity contribution is 8.02. The van der Waals surface area contributed by atoms with E-state index < -0.39 is 28.7 Å². The van der Waals surface area contributed by atoms with Crippen LogP contribution >= 0.6 is 11.8 Å². The maximum atomic E-state index is 14.0. The van der Waals surface area contributed by atoms with Crippen LogP contribution in [-0.4, -0.2) is 102 Å². The molecule has 10 heteroatoms. The molecule has 0 saturated carbocycles. The molecule has 6 atom stereocenters. The van der Waals surface area contributed by atoms with Gasteiger partial charge in [0.1, 0.15) is 6.04 Å². The van der Waals surface area contributed by atoms with E-state index in [4.69, 9.17) is 4.74 Å². The lowest BCUT2D eigenvalue weighted by Crippen LogP contribution is -2.55. The summed E-state index contributed by atoms with van der Waals surface area (Å²) in [6.45, 7) is 3.94. The first-order valence-corrected chi connectivity index (χ1v) is 13.3. The van der Waals surface area contributed by atoms with E-state index in [0.29, 0.717) is 32.7 Å². The number of morpholine rings is 1. The number of nitrogens with one attached hydrogen (secondary N) is 2. The van der Waals surface area contributed by atoms with Gasteiger partial charge in [-0.25, -0.2) is 0 Å². The first-order valence-electron chi connectivity index (χ1n) is 12.5. The zero-order valence-electron chi connectivity index (χ0n) is 20.0. The summed E-state index contributed by atoms with van der Waals surface area (Å²) < 4.78 is 4.74. The minimum atomic E-state index is -0.744. The van der Waals surface area contributed by atoms with Gasteiger partial charge in [-0.15, -0.1) is 11.8 Å². The summed E-state index contributed by atoms with van der Waals surface area (Å²) in [5.74, 6) is -1.58. The minimum Gasteiger partial charge on any atom is -0.394 e. The summed E-state index contributed by atoms with van der Waals surface area (Å²) in [4.78, 5) is 44.6. The van der Waals surface area contributed by atoms with E-state index in [2.05, 4.69) is 15.5 Å². The molecule has 2 bridgehead atoms. The van der Waals surface area contributed by atoms with Crippen molar-refractivity contribution >= 4 is 29.5 Å². The molecular formula is C25H34N4O5S. The Labute approximate surface area is 209 Å². The number of hydrogen-bond acceptors (Lipinski definition) is 7. The molecule has 1 spiro atoms. The number of fused-ring (bicyclic) bond motifs is 1. The van der Waals surface area contributed by atoms with Gasteiger partial charge in [-0.3, -0.25) is 19.3 Å². The highest BCUT2D eigenvalue weighted by atomic mass is 32.2. The third-order valence-electron chi connectivity index (χ3n) is 8.06. The summed E-state index contributed by atoms with van der Waals surface area (Å²) in [5, 5.41) is 16.3. The van der Waals surface area contributed by atoms with E-state index in [0.717, 1.165) is 25.1 Å². The lowest BCUT2D eigenvalue weighted by molar-refractivity contribution is -0.142. The largest absolute Gasteiger partial charge is 0.394 e. The fourth-order valence-corrected chi connectivity index (χ4v) is 8.69. The monoisotopic (exact) mass is 502 g/mol. The summed E-state index contributed by atoms with van der Waals surface area (Å²) in [5.41, 5.74) is 0.780. The molecule has 1 aromatic carbocycles. The van der Waals surface area contributed by atoms with Crippen molar-refractivity contribution in [2.45, 2.75) is 34.9 Å². The van der Waals surface area contributed by atoms with Crippen LogP contribution in [0.3, 0.4) is 0 Å². The Morgan fingerprint density at radius 3 is 2.66 bits per heavy atom. The minimum absolute atomic E-state index is 0.0269. The van der Waals surface area contributed by atoms with Crippen molar-refractivity contribution in [1.29, 1.82) is 0 Å². The third-order valence-corrected chi connectivity index (χ3v) is 10.0. The zero-order valence-corrected chi connectivity index (χ0v) is 20.8. The van der Waals surface area contributed by atoms with Crippen molar-refractivity contribution < 1.29 is 24.2 Å². The number of hydrogen-bond donors (Lipinski definition) is 3. The summed E-state index contributed by atoms with van der Waals surface area (Å²) in [6, 6.07) is 7.95. The number of ether oxygens (including phenoxy) is 1. The number of aliphatic hydroxyl groups is 1. The number of amides is 3. The molecule has 3 amide bonds. The van der Waals surface area contributed by atoms with Crippen molar-refractivity contribution in [3.63, 3.8) is 0 Å². The molecular weight excluding hydrogens is 468 g/mol. The summed E-state index contributed by atoms with van der Waals surface area (Å²) in [6.07, 6.45) is 1.50. The van der Waals surface area contributed by atoms with Gasteiger partial charge in [0.25, 0.3) is 0 Å². The quantitative estimate of drug-likeness (QED) is 0.459. The van der Waals surface area contributed by atoms with Gasteiger partial charge in [0.2, 0.25) is 17.7 Å². The second kappa shape index (κ2) is 10.1. The highest BCUT2D eigenvalue weighted by Crippen LogP contribution is 2.67. The number of nitrogens with zero attached hydrogens (tertiary/aromatic N) is 2. The van der Waals surface area contributed by atoms with Crippen LogP contribution in [-0.2, 0) is 19.1 Å². The van der Waals surface area contributed by atoms with E-state index >= 15 is 0 Å². The molecule has 0 aliphatic carbocycles. The predicted molar refractivity (Wildman–Crippen MR) is 132 cm³/mol. The van der Waals surface area contributed by atoms with E-state index in [1.807, 2.05) is 30.3 Å². The van der Waals surface area contributed by atoms with E-state index in [1.54, 1.807) is 23.7 Å². The van der Waals surface area contributed by atoms with Gasteiger partial charge < -0.3 is 25.4 Å². The number of benzene rings is 1. The maximum Gasteiger partial charge on any atom is 0.244 e. The van der Waals surface area contributed by atoms with Crippen LogP contribution in [0.2, 0.25) is 0 Å². The molecule has 4 heterocycles. The van der Waals surface area contributed by atoms with Gasteiger partial charge >= 0.3 is 0 Å². The van der Waals surface area contributed by atoms with E-state index in [9.17, 15) is 19.5 Å². The lowest BCUT2D eigenvalue weighted by atomic mass is 9.71. The molecule has 35 heavy (non-hydrogen) atoms. The number of thioether (sulfide) groups is 1. The van der Waals surface area contributed by atoms with Gasteiger partial charge in [0.05, 0.1) is 42.4 Å². The number of likely N-dealkylation sites (tertiary alicyclic amines) is 1. The number of aliphatic hydroxyl groups excluding tert-OH is 1. The predicted octanol–water partition coefficient (Wildman–Crippen LogP) is 0.00560. The van der Waals surface area contributed by atoms with Gasteiger partial charge in [-0.1, -0.05) is 30.3 Å². The molecule has 190 valence electrons. The second-order valence-electron chi connectivity index (χ2n) is 9.77. The van der Waals surface area contributed by atoms with Gasteiger partial charge in [0.15, 0.2) is 0 Å². The molecule has 2 unspecified atom stereocenters. The molecule has 9 nitrogen and oxygen atoms in total. The van der Waals surface area contributed by atoms with Crippen LogP contribution in [0.25, 0.3) is 0 Å². The van der Waals surface area contributed by atoms with Crippen molar-refractivity contribution in [2.75, 3.05) is 53.0 Å². The molecule has 1 aromatic rings. The average molecular weight is 503 g/mol. The van der Waals surface area contributed by atoms with Crippen molar-refractivity contribution in [2.24, 2.45) is 11.8 Å². The maximum absolute atomic E-state index is 14.0. The molecule has 3 N–H and O–H groups in total. The van der Waals surface area contributed by atoms with Crippen LogP contribution in [0.4, 0.5) is 0 Å². The van der Waals surface area contributed by atoms with E-state index in [-0.39, 0.29) is 29.6 Å². The van der Waals surface area contributed by atoms with Crippen LogP contribution in [0.15, 0.2) is 30.3 Å². The molecule has 4 aliphatic rings. The summed E-state index contributed by atoms with van der Waals surface area (Å²) >= 11 is 1.64. The Morgan fingerprint density at radius 2 is 1.97 bits per heavy atom. The van der Waals surface area contributed by atoms with Crippen molar-refractivity contribution in [3.8, 4) is 0 Å². The van der Waals surface area contributed by atoms with Crippen LogP contribution in [0, 0.1) is 11.8 Å². The Hall–Kier alpha value is -2.14. The normalized spacial score (nSPS) is 33.0. The number of carbonyl (C=O) groups is 3. The topological polar surface area (TPSA) is 111 Å². The SMILES string of the molecule is CNC(=O)[C@@H]1[C@@H]2CCC3(S2)C(C(=O)NCCN2CCOCC2)N([C@H](CO)c2ccccc2)C(=O)[C@H]13. The zero-order chi connectivity index (χ0) is 24.6. The molecule has 4 fully saturated rings. The van der Waals surface area contributed by atoms with Crippen molar-refractivity contribution in [1.82, 2.24) is 20.4 Å². The molecule has 5 rings (SSSR count). The first-order chi connectivity index (χ1) is 17.0. The van der Waals surface area contributed by atoms with E-state index in [1.165, 1.54) is 0 Å². The number of rotatable bonds is 8. The highest BCUT2D eigenvalue weighted by Gasteiger charge is 2.74. The van der Waals surface area contributed by atoms with Gasteiger partial charge in [0, 0.05) is 38.5 Å². The Balaban J connectivity index is 1.45. The Bertz CT molecular complexity index is 958. The van der Waals surface area contributed by atoms with Crippen LogP contribution in [0.5, 0.6) is 0 Å². The third kappa shape index (κ3) is 4.14. The Kier molecular flexibility index (Phi) is 7.07. The molecule has 0 radical (unpaired) electrons. The average Bonchev–Trinajstić information content (AvgIpc) is 3.53. The van der Waals surface area contributed by atoms with Crippen LogP contribution < -0.4 is 10.6 Å². The fraction of sp³-hybridized carbons (Fsp3) is 0.640. The standard InChI is InChI=1S/C25H34N4O5S/c1-26-22(31)19-18-7-8-25(35-18)20(19)24(33)29(17(15-30)16-5-3-2-4-6-16)21(25)23(32)27-9-10-28-11-13-34-14-12-28/h2-6,17-21,30H,7-15H2,1H3,(H,26,31)(H,27,32)/t17-,18+,19-,20+,21?,25?/m1/s1. The molecule has 0 aromatic heterocycles. The second-order valence-corrected chi connectivity index (χ2v) is 11.4. The van der Waals surface area contributed by atoms with Gasteiger partial charge in [-0.05, 0) is 18.4 Å². The number of carbonyl (C=O) groups excluding carboxylic acids is 3. The van der Waals surface area contributed by atoms with Crippen molar-refractivity contribution in [3.05, 3.63) is 35.9 Å². The molecule has 4 aliphatic heterocycles. The smallest absolute Gasteiger partial charge is 0.244 e. The molecule has 4 saturated heterocycles. The summed E-state index contributed by atoms with van der Waals surface area (Å²) in [7, 11) is 1.60. The fourth-order valence-electron chi connectivity index (χ4n) is 6.48. The van der Waals surface area contributed by atoms with Crippen LogP contribution in [0.1, 0.15) is 24.4 Å².